The standard InChI is InChI=1S/C21H26F4N4OS/c1-12(2)17-11-28(14-5-6-16(22)18(9-14)31-4)7-8-29(17)20-26-10-15(21(23,24)25)19(27-20)13(3)30/h5-6,9-10,12-13,17,30H,7-8,11H2,1-4H3. The molecule has 0 spiro atoms. The summed E-state index contributed by atoms with van der Waals surface area (Å²) in [6.45, 7) is 6.97. The quantitative estimate of drug-likeness (QED) is 0.515. The van der Waals surface area contributed by atoms with Gasteiger partial charge in [0.25, 0.3) is 0 Å². The van der Waals surface area contributed by atoms with Gasteiger partial charge in [0.15, 0.2) is 0 Å². The van der Waals surface area contributed by atoms with Gasteiger partial charge in [-0.2, -0.15) is 13.2 Å². The Balaban J connectivity index is 1.91. The van der Waals surface area contributed by atoms with Crippen molar-refractivity contribution in [2.75, 3.05) is 35.7 Å². The smallest absolute Gasteiger partial charge is 0.387 e. The van der Waals surface area contributed by atoms with Crippen LogP contribution in [0.1, 0.15) is 38.1 Å². The molecule has 5 nitrogen and oxygen atoms in total. The summed E-state index contributed by atoms with van der Waals surface area (Å²) < 4.78 is 53.7. The zero-order valence-corrected chi connectivity index (χ0v) is 18.6. The third kappa shape index (κ3) is 5.06. The number of hydrogen-bond donors (Lipinski definition) is 1. The van der Waals surface area contributed by atoms with Crippen molar-refractivity contribution in [3.8, 4) is 0 Å². The van der Waals surface area contributed by atoms with Gasteiger partial charge in [-0.05, 0) is 37.3 Å². The molecule has 2 unspecified atom stereocenters. The fourth-order valence-corrected chi connectivity index (χ4v) is 4.27. The van der Waals surface area contributed by atoms with Crippen LogP contribution in [0, 0.1) is 11.7 Å². The molecule has 2 atom stereocenters. The second-order valence-corrected chi connectivity index (χ2v) is 8.76. The van der Waals surface area contributed by atoms with Gasteiger partial charge in [-0.1, -0.05) is 13.8 Å². The van der Waals surface area contributed by atoms with Crippen LogP contribution in [0.5, 0.6) is 0 Å². The highest BCUT2D eigenvalue weighted by molar-refractivity contribution is 7.98. The van der Waals surface area contributed by atoms with Crippen LogP contribution in [0.25, 0.3) is 0 Å². The van der Waals surface area contributed by atoms with Crippen LogP contribution in [-0.2, 0) is 6.18 Å². The molecule has 3 rings (SSSR count). The Morgan fingerprint density at radius 1 is 1.19 bits per heavy atom. The Hall–Kier alpha value is -2.07. The molecule has 1 aromatic carbocycles. The first-order chi connectivity index (χ1) is 14.5. The van der Waals surface area contributed by atoms with E-state index in [2.05, 4.69) is 14.9 Å². The predicted octanol–water partition coefficient (Wildman–Crippen LogP) is 4.76. The van der Waals surface area contributed by atoms with Crippen molar-refractivity contribution in [3.05, 3.63) is 41.5 Å². The third-order valence-corrected chi connectivity index (χ3v) is 6.20. The summed E-state index contributed by atoms with van der Waals surface area (Å²) in [6, 6.07) is 4.93. The Labute approximate surface area is 183 Å². The summed E-state index contributed by atoms with van der Waals surface area (Å²) in [5.74, 6) is 0.0643. The zero-order valence-electron chi connectivity index (χ0n) is 17.8. The minimum absolute atomic E-state index is 0.0740. The van der Waals surface area contributed by atoms with E-state index in [1.54, 1.807) is 6.07 Å². The highest BCUT2D eigenvalue weighted by Crippen LogP contribution is 2.35. The molecule has 1 aromatic heterocycles. The molecule has 0 saturated carbocycles. The minimum Gasteiger partial charge on any atom is -0.387 e. The Morgan fingerprint density at radius 2 is 1.90 bits per heavy atom. The maximum absolute atomic E-state index is 13.9. The molecule has 2 aromatic rings. The van der Waals surface area contributed by atoms with E-state index < -0.39 is 23.5 Å². The topological polar surface area (TPSA) is 52.5 Å². The summed E-state index contributed by atoms with van der Waals surface area (Å²) >= 11 is 1.34. The van der Waals surface area contributed by atoms with Crippen LogP contribution >= 0.6 is 11.8 Å². The lowest BCUT2D eigenvalue weighted by Crippen LogP contribution is -2.56. The predicted molar refractivity (Wildman–Crippen MR) is 114 cm³/mol. The number of alkyl halides is 3. The Bertz CT molecular complexity index is 923. The highest BCUT2D eigenvalue weighted by Gasteiger charge is 2.38. The van der Waals surface area contributed by atoms with Gasteiger partial charge >= 0.3 is 6.18 Å². The highest BCUT2D eigenvalue weighted by atomic mass is 32.2. The first kappa shape index (κ1) is 23.6. The first-order valence-electron chi connectivity index (χ1n) is 10.00. The van der Waals surface area contributed by atoms with E-state index >= 15 is 0 Å². The minimum atomic E-state index is -4.64. The zero-order chi connectivity index (χ0) is 22.9. The molecule has 170 valence electrons. The van der Waals surface area contributed by atoms with E-state index in [1.165, 1.54) is 24.8 Å². The van der Waals surface area contributed by atoms with Gasteiger partial charge in [0.1, 0.15) is 5.82 Å². The summed E-state index contributed by atoms with van der Waals surface area (Å²) in [4.78, 5) is 12.7. The van der Waals surface area contributed by atoms with Crippen molar-refractivity contribution < 1.29 is 22.7 Å². The third-order valence-electron chi connectivity index (χ3n) is 5.45. The monoisotopic (exact) mass is 458 g/mol. The molecule has 31 heavy (non-hydrogen) atoms. The summed E-state index contributed by atoms with van der Waals surface area (Å²) in [6.07, 6.45) is -3.45. The van der Waals surface area contributed by atoms with E-state index in [0.29, 0.717) is 24.5 Å². The molecule has 0 aliphatic carbocycles. The van der Waals surface area contributed by atoms with Gasteiger partial charge in [-0.15, -0.1) is 11.8 Å². The molecule has 0 amide bonds. The molecular formula is C21H26F4N4OS. The van der Waals surface area contributed by atoms with E-state index in [0.717, 1.165) is 11.9 Å². The maximum atomic E-state index is 13.9. The second kappa shape index (κ2) is 9.20. The number of rotatable bonds is 5. The van der Waals surface area contributed by atoms with Crippen molar-refractivity contribution in [2.45, 2.75) is 44.0 Å². The first-order valence-corrected chi connectivity index (χ1v) is 11.2. The Morgan fingerprint density at radius 3 is 2.48 bits per heavy atom. The van der Waals surface area contributed by atoms with Crippen LogP contribution in [0.2, 0.25) is 0 Å². The average molecular weight is 459 g/mol. The van der Waals surface area contributed by atoms with Crippen LogP contribution < -0.4 is 9.80 Å². The summed E-state index contributed by atoms with van der Waals surface area (Å²) in [5.41, 5.74) is -0.554. The molecular weight excluding hydrogens is 432 g/mol. The van der Waals surface area contributed by atoms with Crippen molar-refractivity contribution in [1.82, 2.24) is 9.97 Å². The Kier molecular flexibility index (Phi) is 7.00. The molecule has 0 radical (unpaired) electrons. The number of nitrogens with zero attached hydrogens (tertiary/aromatic N) is 4. The van der Waals surface area contributed by atoms with E-state index in [9.17, 15) is 22.7 Å². The molecule has 1 N–H and O–H groups in total. The molecule has 0 bridgehead atoms. The molecule has 10 heteroatoms. The van der Waals surface area contributed by atoms with Gasteiger partial charge < -0.3 is 14.9 Å². The fraction of sp³-hybridized carbons (Fsp3) is 0.524. The number of benzene rings is 1. The van der Waals surface area contributed by atoms with Crippen molar-refractivity contribution >= 4 is 23.4 Å². The van der Waals surface area contributed by atoms with Gasteiger partial charge in [-0.25, -0.2) is 14.4 Å². The number of halogens is 4. The largest absolute Gasteiger partial charge is 0.419 e. The number of aliphatic hydroxyl groups excluding tert-OH is 1. The summed E-state index contributed by atoms with van der Waals surface area (Å²) in [7, 11) is 0. The summed E-state index contributed by atoms with van der Waals surface area (Å²) in [5, 5.41) is 9.88. The number of anilines is 2. The van der Waals surface area contributed by atoms with Crippen molar-refractivity contribution in [3.63, 3.8) is 0 Å². The maximum Gasteiger partial charge on any atom is 0.419 e. The SMILES string of the molecule is CSc1cc(N2CCN(c3ncc(C(F)(F)F)c(C(C)O)n3)C(C(C)C)C2)ccc1F. The number of aromatic nitrogens is 2. The molecule has 2 heterocycles. The average Bonchev–Trinajstić information content (AvgIpc) is 2.72. The van der Waals surface area contributed by atoms with E-state index in [1.807, 2.05) is 31.1 Å². The van der Waals surface area contributed by atoms with Crippen LogP contribution in [-0.4, -0.2) is 47.0 Å². The second-order valence-electron chi connectivity index (χ2n) is 7.91. The number of thioether (sulfide) groups is 1. The van der Waals surface area contributed by atoms with Crippen molar-refractivity contribution in [2.24, 2.45) is 5.92 Å². The van der Waals surface area contributed by atoms with E-state index in [-0.39, 0.29) is 23.7 Å². The lowest BCUT2D eigenvalue weighted by Gasteiger charge is -2.44. The normalized spacial score (nSPS) is 18.6. The molecule has 1 aliphatic rings. The number of piperazine rings is 1. The number of hydrogen-bond acceptors (Lipinski definition) is 6. The molecule has 1 aliphatic heterocycles. The fourth-order valence-electron chi connectivity index (χ4n) is 3.77. The molecule has 1 fully saturated rings. The van der Waals surface area contributed by atoms with Gasteiger partial charge in [0.2, 0.25) is 5.95 Å². The lowest BCUT2D eigenvalue weighted by molar-refractivity contribution is -0.139. The number of aliphatic hydroxyl groups is 1. The van der Waals surface area contributed by atoms with Crippen LogP contribution in [0.3, 0.4) is 0 Å². The van der Waals surface area contributed by atoms with Gasteiger partial charge in [0.05, 0.1) is 23.4 Å². The van der Waals surface area contributed by atoms with Gasteiger partial charge in [0, 0.05) is 36.4 Å². The molecule has 1 saturated heterocycles. The van der Waals surface area contributed by atoms with Gasteiger partial charge in [-0.3, -0.25) is 0 Å². The van der Waals surface area contributed by atoms with Crippen LogP contribution in [0.4, 0.5) is 29.2 Å². The van der Waals surface area contributed by atoms with E-state index in [4.69, 9.17) is 0 Å². The van der Waals surface area contributed by atoms with Crippen molar-refractivity contribution in [1.29, 1.82) is 0 Å². The lowest BCUT2D eigenvalue weighted by atomic mass is 9.99. The van der Waals surface area contributed by atoms with Crippen LogP contribution in [0.15, 0.2) is 29.3 Å².